The van der Waals surface area contributed by atoms with Gasteiger partial charge in [0.25, 0.3) is 0 Å². The van der Waals surface area contributed by atoms with E-state index in [0.717, 1.165) is 37.0 Å². The van der Waals surface area contributed by atoms with Gasteiger partial charge in [-0.1, -0.05) is 24.4 Å². The van der Waals surface area contributed by atoms with Gasteiger partial charge in [0, 0.05) is 16.1 Å². The summed E-state index contributed by atoms with van der Waals surface area (Å²) in [7, 11) is 0. The van der Waals surface area contributed by atoms with Crippen LogP contribution in [0.25, 0.3) is 0 Å². The number of carbonyl (C=O) groups excluding carboxylic acids is 1. The summed E-state index contributed by atoms with van der Waals surface area (Å²) in [5.74, 6) is 0.694. The number of carbonyl (C=O) groups is 1. The molecule has 1 heterocycles. The number of amides is 1. The zero-order valence-electron chi connectivity index (χ0n) is 12.2. The number of rotatable bonds is 2. The van der Waals surface area contributed by atoms with Crippen LogP contribution in [0.1, 0.15) is 44.2 Å². The maximum absolute atomic E-state index is 12.6. The maximum atomic E-state index is 12.6. The molecule has 1 amide bonds. The number of benzene rings is 1. The van der Waals surface area contributed by atoms with Crippen molar-refractivity contribution in [1.82, 2.24) is 5.32 Å². The Labute approximate surface area is 130 Å². The van der Waals surface area contributed by atoms with Crippen LogP contribution in [-0.4, -0.2) is 18.1 Å². The molecule has 1 saturated carbocycles. The topological polar surface area (TPSA) is 64.4 Å². The molecule has 1 aliphatic carbocycles. The van der Waals surface area contributed by atoms with Gasteiger partial charge in [-0.25, -0.2) is 0 Å². The van der Waals surface area contributed by atoms with E-state index in [2.05, 4.69) is 5.32 Å². The highest BCUT2D eigenvalue weighted by Crippen LogP contribution is 2.36. The van der Waals surface area contributed by atoms with E-state index in [1.54, 1.807) is 6.07 Å². The fourth-order valence-electron chi connectivity index (χ4n) is 3.37. The van der Waals surface area contributed by atoms with Gasteiger partial charge in [-0.2, -0.15) is 0 Å². The Morgan fingerprint density at radius 2 is 2.29 bits per heavy atom. The predicted octanol–water partition coefficient (Wildman–Crippen LogP) is 2.80. The molecule has 0 aromatic heterocycles. The van der Waals surface area contributed by atoms with Crippen LogP contribution < -0.4 is 15.8 Å². The smallest absolute Gasteiger partial charge is 0.225 e. The Balaban J connectivity index is 1.73. The van der Waals surface area contributed by atoms with Crippen molar-refractivity contribution in [2.24, 2.45) is 11.7 Å². The molecule has 4 nitrogen and oxygen atoms in total. The second kappa shape index (κ2) is 5.50. The summed E-state index contributed by atoms with van der Waals surface area (Å²) in [5.41, 5.74) is 6.83. The number of fused-ring (bicyclic) bond motifs is 1. The fourth-order valence-corrected chi connectivity index (χ4v) is 3.55. The lowest BCUT2D eigenvalue weighted by atomic mass is 9.74. The van der Waals surface area contributed by atoms with Crippen molar-refractivity contribution in [3.63, 3.8) is 0 Å². The first kappa shape index (κ1) is 14.7. The lowest BCUT2D eigenvalue weighted by Crippen LogP contribution is -2.53. The summed E-state index contributed by atoms with van der Waals surface area (Å²) in [6.45, 7) is 2.43. The highest BCUT2D eigenvalue weighted by molar-refractivity contribution is 6.30. The Morgan fingerprint density at radius 1 is 1.48 bits per heavy atom. The third kappa shape index (κ3) is 2.87. The molecule has 1 fully saturated rings. The summed E-state index contributed by atoms with van der Waals surface area (Å²) in [5, 5.41) is 3.74. The molecule has 21 heavy (non-hydrogen) atoms. The molecule has 1 aromatic carbocycles. The quantitative estimate of drug-likeness (QED) is 0.883. The van der Waals surface area contributed by atoms with Gasteiger partial charge in [0.1, 0.15) is 12.4 Å². The average molecular weight is 309 g/mol. The van der Waals surface area contributed by atoms with Crippen LogP contribution in [-0.2, 0) is 4.79 Å². The zero-order valence-corrected chi connectivity index (χ0v) is 13.0. The van der Waals surface area contributed by atoms with Gasteiger partial charge in [-0.05, 0) is 38.0 Å². The minimum absolute atomic E-state index is 0.0288. The van der Waals surface area contributed by atoms with Crippen LogP contribution in [0.2, 0.25) is 5.02 Å². The molecular weight excluding hydrogens is 288 g/mol. The molecule has 3 N–H and O–H groups in total. The number of hydrogen-bond donors (Lipinski definition) is 2. The molecule has 114 valence electrons. The van der Waals surface area contributed by atoms with E-state index >= 15 is 0 Å². The van der Waals surface area contributed by atoms with E-state index in [4.69, 9.17) is 22.1 Å². The third-order valence-electron chi connectivity index (χ3n) is 4.64. The van der Waals surface area contributed by atoms with Crippen LogP contribution in [0.4, 0.5) is 0 Å². The number of halogens is 1. The summed E-state index contributed by atoms with van der Waals surface area (Å²) >= 11 is 6.03. The summed E-state index contributed by atoms with van der Waals surface area (Å²) < 4.78 is 5.60. The normalized spacial score (nSPS) is 31.4. The van der Waals surface area contributed by atoms with Gasteiger partial charge in [-0.15, -0.1) is 0 Å². The molecule has 2 aliphatic rings. The highest BCUT2D eigenvalue weighted by Gasteiger charge is 2.39. The SMILES string of the molecule is CC1(N)CCCCC1C(=O)NC1COc2ccc(Cl)cc21. The van der Waals surface area contributed by atoms with Crippen molar-refractivity contribution in [2.75, 3.05) is 6.61 Å². The minimum atomic E-state index is -0.418. The molecule has 3 unspecified atom stereocenters. The van der Waals surface area contributed by atoms with E-state index in [9.17, 15) is 4.79 Å². The van der Waals surface area contributed by atoms with Gasteiger partial charge < -0.3 is 15.8 Å². The minimum Gasteiger partial charge on any atom is -0.491 e. The van der Waals surface area contributed by atoms with Crippen LogP contribution >= 0.6 is 11.6 Å². The highest BCUT2D eigenvalue weighted by atomic mass is 35.5. The molecule has 3 atom stereocenters. The lowest BCUT2D eigenvalue weighted by molar-refractivity contribution is -0.129. The zero-order chi connectivity index (χ0) is 15.0. The molecule has 0 bridgehead atoms. The van der Waals surface area contributed by atoms with E-state index in [0.29, 0.717) is 11.6 Å². The Bertz CT molecular complexity index is 559. The Kier molecular flexibility index (Phi) is 3.84. The lowest BCUT2D eigenvalue weighted by Gasteiger charge is -2.37. The fraction of sp³-hybridized carbons (Fsp3) is 0.562. The van der Waals surface area contributed by atoms with Crippen molar-refractivity contribution >= 4 is 17.5 Å². The number of ether oxygens (including phenoxy) is 1. The van der Waals surface area contributed by atoms with Crippen molar-refractivity contribution in [3.05, 3.63) is 28.8 Å². The van der Waals surface area contributed by atoms with Crippen molar-refractivity contribution < 1.29 is 9.53 Å². The van der Waals surface area contributed by atoms with Gasteiger partial charge in [0.05, 0.1) is 12.0 Å². The van der Waals surface area contributed by atoms with Crippen molar-refractivity contribution in [1.29, 1.82) is 0 Å². The monoisotopic (exact) mass is 308 g/mol. The van der Waals surface area contributed by atoms with Crippen molar-refractivity contribution in [2.45, 2.75) is 44.2 Å². The Hall–Kier alpha value is -1.26. The third-order valence-corrected chi connectivity index (χ3v) is 4.88. The van der Waals surface area contributed by atoms with Gasteiger partial charge in [-0.3, -0.25) is 4.79 Å². The largest absolute Gasteiger partial charge is 0.491 e. The van der Waals surface area contributed by atoms with Gasteiger partial charge in [0.2, 0.25) is 5.91 Å². The van der Waals surface area contributed by atoms with Crippen LogP contribution in [0.5, 0.6) is 5.75 Å². The van der Waals surface area contributed by atoms with Gasteiger partial charge in [0.15, 0.2) is 0 Å². The number of nitrogens with one attached hydrogen (secondary N) is 1. The molecule has 1 aliphatic heterocycles. The molecule has 3 rings (SSSR count). The summed E-state index contributed by atoms with van der Waals surface area (Å²) in [6.07, 6.45) is 3.92. The maximum Gasteiger partial charge on any atom is 0.225 e. The number of nitrogens with two attached hydrogens (primary N) is 1. The molecule has 0 saturated heterocycles. The summed E-state index contributed by atoms with van der Waals surface area (Å²) in [6, 6.07) is 5.36. The van der Waals surface area contributed by atoms with Crippen LogP contribution in [0, 0.1) is 5.92 Å². The second-order valence-electron chi connectivity index (χ2n) is 6.36. The molecule has 0 radical (unpaired) electrons. The van der Waals surface area contributed by atoms with Crippen LogP contribution in [0.15, 0.2) is 18.2 Å². The number of hydrogen-bond acceptors (Lipinski definition) is 3. The van der Waals surface area contributed by atoms with E-state index in [-0.39, 0.29) is 17.9 Å². The molecule has 1 aromatic rings. The summed E-state index contributed by atoms with van der Waals surface area (Å²) in [4.78, 5) is 12.6. The molecule has 5 heteroatoms. The molecular formula is C16H21ClN2O2. The van der Waals surface area contributed by atoms with E-state index < -0.39 is 5.54 Å². The first-order valence-corrected chi connectivity index (χ1v) is 7.87. The predicted molar refractivity (Wildman–Crippen MR) is 82.4 cm³/mol. The van der Waals surface area contributed by atoms with E-state index in [1.165, 1.54) is 0 Å². The first-order chi connectivity index (χ1) is 9.97. The van der Waals surface area contributed by atoms with Crippen LogP contribution in [0.3, 0.4) is 0 Å². The average Bonchev–Trinajstić information content (AvgIpc) is 2.80. The second-order valence-corrected chi connectivity index (χ2v) is 6.79. The Morgan fingerprint density at radius 3 is 3.05 bits per heavy atom. The molecule has 0 spiro atoms. The van der Waals surface area contributed by atoms with E-state index in [1.807, 2.05) is 19.1 Å². The standard InChI is InChI=1S/C16H21ClN2O2/c1-16(18)7-3-2-4-12(16)15(20)19-13-9-21-14-6-5-10(17)8-11(13)14/h5-6,8,12-13H,2-4,7,9,18H2,1H3,(H,19,20). The van der Waals surface area contributed by atoms with Gasteiger partial charge >= 0.3 is 0 Å². The first-order valence-electron chi connectivity index (χ1n) is 7.49. The van der Waals surface area contributed by atoms with Crippen molar-refractivity contribution in [3.8, 4) is 5.75 Å².